The first-order chi connectivity index (χ1) is 10.7. The first-order valence-electron chi connectivity index (χ1n) is 8.11. The van der Waals surface area contributed by atoms with E-state index in [4.69, 9.17) is 5.73 Å². The molecule has 0 aliphatic heterocycles. The summed E-state index contributed by atoms with van der Waals surface area (Å²) in [5.41, 5.74) is 6.20. The van der Waals surface area contributed by atoms with E-state index in [-0.39, 0.29) is 29.8 Å². The van der Waals surface area contributed by atoms with Gasteiger partial charge in [-0.2, -0.15) is 0 Å². The van der Waals surface area contributed by atoms with Crippen molar-refractivity contribution < 1.29 is 9.59 Å². The predicted molar refractivity (Wildman–Crippen MR) is 102 cm³/mol. The quantitative estimate of drug-likeness (QED) is 0.731. The Morgan fingerprint density at radius 2 is 1.54 bits per heavy atom. The van der Waals surface area contributed by atoms with Gasteiger partial charge in [0.2, 0.25) is 5.91 Å². The third kappa shape index (κ3) is 5.80. The number of hydrogen-bond donors (Lipinski definition) is 3. The van der Waals surface area contributed by atoms with E-state index in [2.05, 4.69) is 10.6 Å². The van der Waals surface area contributed by atoms with Crippen LogP contribution in [-0.4, -0.2) is 23.9 Å². The van der Waals surface area contributed by atoms with Crippen LogP contribution in [0.2, 0.25) is 0 Å². The summed E-state index contributed by atoms with van der Waals surface area (Å²) in [5.74, 6) is -0.203. The lowest BCUT2D eigenvalue weighted by molar-refractivity contribution is -0.125. The molecule has 0 bridgehead atoms. The van der Waals surface area contributed by atoms with Gasteiger partial charge in [0, 0.05) is 23.3 Å². The van der Waals surface area contributed by atoms with Crippen LogP contribution in [0.5, 0.6) is 0 Å². The number of carbonyl (C=O) groups excluding carboxylic acids is 2. The first kappa shape index (κ1) is 22.4. The number of amides is 2. The average molecular weight is 356 g/mol. The summed E-state index contributed by atoms with van der Waals surface area (Å²) >= 11 is 0. The first-order valence-corrected chi connectivity index (χ1v) is 8.11. The van der Waals surface area contributed by atoms with Gasteiger partial charge in [-0.15, -0.1) is 12.4 Å². The summed E-state index contributed by atoms with van der Waals surface area (Å²) in [6.45, 7) is 10.0. The van der Waals surface area contributed by atoms with Gasteiger partial charge < -0.3 is 16.4 Å². The Morgan fingerprint density at radius 3 is 1.92 bits per heavy atom. The van der Waals surface area contributed by atoms with Crippen molar-refractivity contribution in [2.75, 3.05) is 11.9 Å². The average Bonchev–Trinajstić information content (AvgIpc) is 2.48. The lowest BCUT2D eigenvalue weighted by Crippen LogP contribution is -2.41. The number of rotatable bonds is 6. The minimum Gasteiger partial charge on any atom is -0.347 e. The van der Waals surface area contributed by atoms with Gasteiger partial charge in [-0.1, -0.05) is 13.8 Å². The van der Waals surface area contributed by atoms with E-state index >= 15 is 0 Å². The number of anilines is 1. The van der Waals surface area contributed by atoms with Crippen LogP contribution in [0.25, 0.3) is 0 Å². The maximum Gasteiger partial charge on any atom is 0.251 e. The van der Waals surface area contributed by atoms with Gasteiger partial charge in [0.25, 0.3) is 5.91 Å². The number of carbonyl (C=O) groups is 2. The Bertz CT molecular complexity index is 538. The van der Waals surface area contributed by atoms with Crippen molar-refractivity contribution in [2.24, 2.45) is 11.1 Å². The Labute approximate surface area is 151 Å². The zero-order valence-electron chi connectivity index (χ0n) is 15.2. The molecular weight excluding hydrogens is 326 g/mol. The second-order valence-electron chi connectivity index (χ2n) is 6.93. The molecule has 1 aromatic carbocycles. The number of nitrogens with one attached hydrogen (secondary N) is 2. The van der Waals surface area contributed by atoms with Gasteiger partial charge in [0.1, 0.15) is 0 Å². The van der Waals surface area contributed by atoms with Crippen molar-refractivity contribution in [3.05, 3.63) is 29.8 Å². The summed E-state index contributed by atoms with van der Waals surface area (Å²) in [7, 11) is 0. The van der Waals surface area contributed by atoms with Crippen LogP contribution in [0.1, 0.15) is 57.8 Å². The van der Waals surface area contributed by atoms with Crippen molar-refractivity contribution in [1.82, 2.24) is 5.32 Å². The summed E-state index contributed by atoms with van der Waals surface area (Å²) < 4.78 is 0. The molecule has 24 heavy (non-hydrogen) atoms. The van der Waals surface area contributed by atoms with Crippen LogP contribution in [0.4, 0.5) is 5.69 Å². The smallest absolute Gasteiger partial charge is 0.251 e. The molecule has 0 atom stereocenters. The molecule has 0 fully saturated rings. The van der Waals surface area contributed by atoms with Crippen LogP contribution in [0, 0.1) is 5.41 Å². The summed E-state index contributed by atoms with van der Waals surface area (Å²) in [6, 6.07) is 6.89. The van der Waals surface area contributed by atoms with E-state index in [1.165, 1.54) is 0 Å². The molecule has 0 unspecified atom stereocenters. The molecule has 0 aromatic heterocycles. The van der Waals surface area contributed by atoms with Gasteiger partial charge in [0.15, 0.2) is 0 Å². The highest BCUT2D eigenvalue weighted by molar-refractivity contribution is 5.97. The molecule has 136 valence electrons. The van der Waals surface area contributed by atoms with Gasteiger partial charge in [-0.3, -0.25) is 9.59 Å². The lowest BCUT2D eigenvalue weighted by Gasteiger charge is -2.28. The second-order valence-corrected chi connectivity index (χ2v) is 6.93. The van der Waals surface area contributed by atoms with Crippen LogP contribution >= 0.6 is 12.4 Å². The molecule has 5 nitrogen and oxygen atoms in total. The Morgan fingerprint density at radius 1 is 1.04 bits per heavy atom. The van der Waals surface area contributed by atoms with E-state index in [0.717, 1.165) is 0 Å². The molecule has 1 rings (SSSR count). The maximum atomic E-state index is 12.5. The maximum absolute atomic E-state index is 12.5. The van der Waals surface area contributed by atoms with Crippen molar-refractivity contribution in [3.63, 3.8) is 0 Å². The molecule has 0 radical (unpaired) electrons. The molecule has 0 saturated carbocycles. The van der Waals surface area contributed by atoms with Crippen LogP contribution in [0.3, 0.4) is 0 Å². The molecule has 0 aliphatic carbocycles. The van der Waals surface area contributed by atoms with Gasteiger partial charge >= 0.3 is 0 Å². The van der Waals surface area contributed by atoms with Crippen molar-refractivity contribution >= 4 is 29.9 Å². The van der Waals surface area contributed by atoms with Gasteiger partial charge in [0.05, 0.1) is 5.41 Å². The fourth-order valence-corrected chi connectivity index (χ4v) is 2.33. The van der Waals surface area contributed by atoms with Crippen LogP contribution in [0.15, 0.2) is 24.3 Å². The monoisotopic (exact) mass is 355 g/mol. The Hall–Kier alpha value is -1.59. The SMILES string of the molecule is CCC(CC)(CN)C(=O)Nc1ccc(C(=O)NC(C)(C)C)cc1.Cl. The Kier molecular flexibility index (Phi) is 8.44. The molecule has 0 spiro atoms. The van der Waals surface area contributed by atoms with E-state index in [9.17, 15) is 9.59 Å². The zero-order valence-corrected chi connectivity index (χ0v) is 16.0. The third-order valence-electron chi connectivity index (χ3n) is 4.12. The lowest BCUT2D eigenvalue weighted by atomic mass is 9.81. The number of benzene rings is 1. The highest BCUT2D eigenvalue weighted by atomic mass is 35.5. The minimum absolute atomic E-state index is 0. The number of nitrogens with two attached hydrogens (primary N) is 1. The highest BCUT2D eigenvalue weighted by Gasteiger charge is 2.33. The summed E-state index contributed by atoms with van der Waals surface area (Å²) in [6.07, 6.45) is 1.38. The topological polar surface area (TPSA) is 84.2 Å². The molecule has 4 N–H and O–H groups in total. The standard InChI is InChI=1S/C18H29N3O2.ClH/c1-6-18(7-2,12-19)16(23)20-14-10-8-13(9-11-14)15(22)21-17(3,4)5;/h8-11H,6-7,12,19H2,1-5H3,(H,20,23)(H,21,22);1H. The minimum atomic E-state index is -0.539. The number of halogens is 1. The molecule has 0 saturated heterocycles. The van der Waals surface area contributed by atoms with Crippen molar-refractivity contribution in [1.29, 1.82) is 0 Å². The third-order valence-corrected chi connectivity index (χ3v) is 4.12. The predicted octanol–water partition coefficient (Wildman–Crippen LogP) is 3.34. The molecule has 1 aromatic rings. The van der Waals surface area contributed by atoms with E-state index in [0.29, 0.717) is 30.6 Å². The summed E-state index contributed by atoms with van der Waals surface area (Å²) in [4.78, 5) is 24.5. The van der Waals surface area contributed by atoms with Gasteiger partial charge in [-0.05, 0) is 57.9 Å². The molecule has 2 amide bonds. The zero-order chi connectivity index (χ0) is 17.7. The fourth-order valence-electron chi connectivity index (χ4n) is 2.33. The fraction of sp³-hybridized carbons (Fsp3) is 0.556. The largest absolute Gasteiger partial charge is 0.347 e. The van der Waals surface area contributed by atoms with Crippen LogP contribution in [-0.2, 0) is 4.79 Å². The Balaban J connectivity index is 0.00000529. The number of hydrogen-bond acceptors (Lipinski definition) is 3. The van der Waals surface area contributed by atoms with Crippen molar-refractivity contribution in [2.45, 2.75) is 53.0 Å². The van der Waals surface area contributed by atoms with E-state index < -0.39 is 5.41 Å². The van der Waals surface area contributed by atoms with Crippen molar-refractivity contribution in [3.8, 4) is 0 Å². The second kappa shape index (κ2) is 9.04. The molecule has 0 heterocycles. The molecule has 6 heteroatoms. The van der Waals surface area contributed by atoms with E-state index in [1.54, 1.807) is 24.3 Å². The van der Waals surface area contributed by atoms with Gasteiger partial charge in [-0.25, -0.2) is 0 Å². The normalized spacial score (nSPS) is 11.4. The molecule has 0 aliphatic rings. The van der Waals surface area contributed by atoms with E-state index in [1.807, 2.05) is 34.6 Å². The summed E-state index contributed by atoms with van der Waals surface area (Å²) in [5, 5.41) is 5.80. The highest BCUT2D eigenvalue weighted by Crippen LogP contribution is 2.27. The molecular formula is C18H30ClN3O2. The van der Waals surface area contributed by atoms with Crippen LogP contribution < -0.4 is 16.4 Å².